The lowest BCUT2D eigenvalue weighted by atomic mass is 9.90. The Kier molecular flexibility index (Phi) is 21.3. The number of phosphoric ester groups is 1. The summed E-state index contributed by atoms with van der Waals surface area (Å²) in [4.78, 5) is 67.4. The standard InChI is InChI=1S/C49H63N4O14P/c1-2-3-4-5-6-7-8-9-10-11-12-13-16-22-45(54)64-34-41(35-66-68(62,63)65-31-30-50-49-43(52(58)59)32-40(51(56)57)33-44(49)53(60)61)67-46(55)23-17-14-15-19-36-24-25-39-27-26-37-20-18-21-38-28-29-42(36)48(39)47(37)38/h18,20-21,24-29,32-33,41,50H,2-17,19,22-23,30-31,34-35H2,1H3,(H,62,63)/t41-/m1/s1. The van der Waals surface area contributed by atoms with Gasteiger partial charge in [-0.1, -0.05) is 145 Å². The van der Waals surface area contributed by atoms with Crippen LogP contribution in [0.2, 0.25) is 0 Å². The minimum absolute atomic E-state index is 0.0295. The van der Waals surface area contributed by atoms with Gasteiger partial charge in [-0.25, -0.2) is 4.57 Å². The van der Waals surface area contributed by atoms with Gasteiger partial charge in [-0.3, -0.25) is 49.0 Å². The smallest absolute Gasteiger partial charge is 0.462 e. The summed E-state index contributed by atoms with van der Waals surface area (Å²) in [5.74, 6) is -1.15. The average Bonchev–Trinajstić information content (AvgIpc) is 3.31. The molecule has 0 fully saturated rings. The molecule has 0 aliphatic carbocycles. The minimum atomic E-state index is -4.91. The van der Waals surface area contributed by atoms with Crippen molar-refractivity contribution in [2.24, 2.45) is 0 Å². The van der Waals surface area contributed by atoms with E-state index in [1.165, 1.54) is 89.2 Å². The fraction of sp³-hybridized carbons (Fsp3) is 0.510. The maximum absolute atomic E-state index is 13.1. The van der Waals surface area contributed by atoms with Crippen molar-refractivity contribution < 1.29 is 52.3 Å². The molecule has 1 unspecified atom stereocenters. The highest BCUT2D eigenvalue weighted by molar-refractivity contribution is 7.47. The van der Waals surface area contributed by atoms with Crippen LogP contribution in [-0.2, 0) is 39.1 Å². The molecule has 0 heterocycles. The minimum Gasteiger partial charge on any atom is -0.462 e. The highest BCUT2D eigenvalue weighted by Gasteiger charge is 2.31. The van der Waals surface area contributed by atoms with Crippen molar-refractivity contribution in [2.75, 3.05) is 31.7 Å². The SMILES string of the molecule is CCCCCCCCCCCCCCCC(=O)OC[C@H](COP(=O)(O)OCCNc1c([N+](=O)[O-])cc([N+](=O)[O-])cc1[N+](=O)[O-])OC(=O)CCCCCc1ccc2ccc3cccc4ccc1c2c34. The van der Waals surface area contributed by atoms with Crippen LogP contribution in [0.1, 0.15) is 128 Å². The van der Waals surface area contributed by atoms with Crippen molar-refractivity contribution in [2.45, 2.75) is 135 Å². The molecule has 0 saturated heterocycles. The molecule has 0 aliphatic heterocycles. The molecule has 0 spiro atoms. The molecule has 368 valence electrons. The molecule has 0 amide bonds. The maximum atomic E-state index is 13.1. The van der Waals surface area contributed by atoms with Crippen molar-refractivity contribution >= 4 is 74.8 Å². The summed E-state index contributed by atoms with van der Waals surface area (Å²) < 4.78 is 33.9. The number of non-ortho nitro benzene ring substituents is 1. The second-order valence-electron chi connectivity index (χ2n) is 17.1. The van der Waals surface area contributed by atoms with Crippen LogP contribution >= 0.6 is 7.82 Å². The number of hydrogen-bond acceptors (Lipinski definition) is 14. The van der Waals surface area contributed by atoms with E-state index >= 15 is 0 Å². The van der Waals surface area contributed by atoms with Crippen LogP contribution in [0.3, 0.4) is 0 Å². The molecule has 2 atom stereocenters. The molecule has 0 radical (unpaired) electrons. The van der Waals surface area contributed by atoms with Gasteiger partial charge in [0.05, 0.1) is 40.1 Å². The van der Waals surface area contributed by atoms with Gasteiger partial charge >= 0.3 is 31.1 Å². The summed E-state index contributed by atoms with van der Waals surface area (Å²) in [6, 6.07) is 20.3. The lowest BCUT2D eigenvalue weighted by Crippen LogP contribution is -2.29. The van der Waals surface area contributed by atoms with E-state index in [9.17, 15) is 49.4 Å². The molecule has 0 aliphatic rings. The predicted octanol–water partition coefficient (Wildman–Crippen LogP) is 12.6. The van der Waals surface area contributed by atoms with Crippen LogP contribution < -0.4 is 5.32 Å². The molecule has 0 bridgehead atoms. The van der Waals surface area contributed by atoms with Gasteiger partial charge in [0.25, 0.3) is 5.69 Å². The fourth-order valence-electron chi connectivity index (χ4n) is 8.40. The molecule has 2 N–H and O–H groups in total. The zero-order valence-electron chi connectivity index (χ0n) is 38.7. The number of anilines is 1. The summed E-state index contributed by atoms with van der Waals surface area (Å²) in [6.45, 7) is -0.111. The summed E-state index contributed by atoms with van der Waals surface area (Å²) in [6.07, 6.45) is 16.7. The molecule has 0 saturated carbocycles. The van der Waals surface area contributed by atoms with Gasteiger partial charge in [0.15, 0.2) is 11.8 Å². The highest BCUT2D eigenvalue weighted by Crippen LogP contribution is 2.44. The number of ether oxygens (including phenoxy) is 2. The van der Waals surface area contributed by atoms with Crippen LogP contribution in [-0.4, -0.2) is 64.1 Å². The highest BCUT2D eigenvalue weighted by atomic mass is 31.2. The van der Waals surface area contributed by atoms with Gasteiger partial charge in [-0.15, -0.1) is 0 Å². The van der Waals surface area contributed by atoms with Crippen LogP contribution in [0.4, 0.5) is 22.7 Å². The first-order valence-electron chi connectivity index (χ1n) is 23.8. The van der Waals surface area contributed by atoms with Crippen molar-refractivity contribution in [3.8, 4) is 0 Å². The number of hydrogen-bond donors (Lipinski definition) is 2. The Morgan fingerprint density at radius 3 is 1.76 bits per heavy atom. The molecule has 19 heteroatoms. The van der Waals surface area contributed by atoms with E-state index < -0.39 is 89.8 Å². The lowest BCUT2D eigenvalue weighted by Gasteiger charge is -2.20. The maximum Gasteiger partial charge on any atom is 0.472 e. The van der Waals surface area contributed by atoms with Gasteiger partial charge in [0.2, 0.25) is 0 Å². The number of benzene rings is 5. The van der Waals surface area contributed by atoms with E-state index in [0.717, 1.165) is 38.5 Å². The number of nitrogens with one attached hydrogen (secondary N) is 1. The Hall–Kier alpha value is -5.81. The zero-order chi connectivity index (χ0) is 48.9. The number of phosphoric acid groups is 1. The number of esters is 2. The molecule has 5 aromatic carbocycles. The first-order chi connectivity index (χ1) is 32.8. The Morgan fingerprint density at radius 1 is 0.647 bits per heavy atom. The number of rotatable bonds is 34. The quantitative estimate of drug-likeness (QED) is 0.00971. The van der Waals surface area contributed by atoms with E-state index in [-0.39, 0.29) is 12.8 Å². The fourth-order valence-corrected chi connectivity index (χ4v) is 9.16. The first kappa shape index (κ1) is 53.1. The van der Waals surface area contributed by atoms with Gasteiger partial charge < -0.3 is 19.7 Å². The second-order valence-corrected chi connectivity index (χ2v) is 18.5. The number of unbranched alkanes of at least 4 members (excludes halogenated alkanes) is 14. The Labute approximate surface area is 395 Å². The van der Waals surface area contributed by atoms with Crippen LogP contribution in [0, 0.1) is 30.3 Å². The van der Waals surface area contributed by atoms with E-state index in [1.54, 1.807) is 0 Å². The van der Waals surface area contributed by atoms with Crippen molar-refractivity contribution in [1.29, 1.82) is 0 Å². The van der Waals surface area contributed by atoms with Crippen molar-refractivity contribution in [3.63, 3.8) is 0 Å². The molecule has 18 nitrogen and oxygen atoms in total. The van der Waals surface area contributed by atoms with E-state index in [2.05, 4.69) is 66.8 Å². The molecule has 5 rings (SSSR count). The number of carbonyl (C=O) groups excluding carboxylic acids is 2. The monoisotopic (exact) mass is 962 g/mol. The van der Waals surface area contributed by atoms with Gasteiger partial charge in [0.1, 0.15) is 6.61 Å². The third-order valence-electron chi connectivity index (χ3n) is 11.9. The summed E-state index contributed by atoms with van der Waals surface area (Å²) in [7, 11) is -4.91. The van der Waals surface area contributed by atoms with Crippen LogP contribution in [0.15, 0.2) is 66.7 Å². The topological polar surface area (TPSA) is 250 Å². The van der Waals surface area contributed by atoms with Gasteiger partial charge in [-0.05, 0) is 63.6 Å². The molecular formula is C49H63N4O14P. The predicted molar refractivity (Wildman–Crippen MR) is 260 cm³/mol. The number of carbonyl (C=O) groups is 2. The third kappa shape index (κ3) is 16.5. The average molecular weight is 963 g/mol. The number of aryl methyl sites for hydroxylation is 1. The van der Waals surface area contributed by atoms with Crippen molar-refractivity contribution in [1.82, 2.24) is 0 Å². The van der Waals surface area contributed by atoms with Crippen molar-refractivity contribution in [3.05, 3.63) is 103 Å². The number of nitro benzene ring substituents is 3. The third-order valence-corrected chi connectivity index (χ3v) is 12.9. The normalized spacial score (nSPS) is 12.9. The molecule has 0 aromatic heterocycles. The number of nitrogens with zero attached hydrogens (tertiary/aromatic N) is 3. The van der Waals surface area contributed by atoms with E-state index in [0.29, 0.717) is 31.4 Å². The molecule has 68 heavy (non-hydrogen) atoms. The lowest BCUT2D eigenvalue weighted by molar-refractivity contribution is -0.401. The molecule has 5 aromatic rings. The Bertz CT molecular complexity index is 2470. The zero-order valence-corrected chi connectivity index (χ0v) is 39.6. The second kappa shape index (κ2) is 27.3. The Balaban J connectivity index is 1.09. The number of nitro groups is 3. The molecular weight excluding hydrogens is 900 g/mol. The van der Waals surface area contributed by atoms with Crippen LogP contribution in [0.25, 0.3) is 32.3 Å². The van der Waals surface area contributed by atoms with E-state index in [4.69, 9.17) is 18.5 Å². The first-order valence-corrected chi connectivity index (χ1v) is 25.2. The summed E-state index contributed by atoms with van der Waals surface area (Å²) in [5.41, 5.74) is -2.27. The largest absolute Gasteiger partial charge is 0.472 e. The van der Waals surface area contributed by atoms with Gasteiger partial charge in [0, 0.05) is 19.4 Å². The van der Waals surface area contributed by atoms with Crippen LogP contribution in [0.5, 0.6) is 0 Å². The summed E-state index contributed by atoms with van der Waals surface area (Å²) in [5, 5.41) is 44.0. The Morgan fingerprint density at radius 2 is 1.18 bits per heavy atom. The van der Waals surface area contributed by atoms with Gasteiger partial charge in [-0.2, -0.15) is 0 Å². The van der Waals surface area contributed by atoms with E-state index in [1.807, 2.05) is 0 Å². The summed E-state index contributed by atoms with van der Waals surface area (Å²) >= 11 is 0.